The molecular weight excluding hydrogens is 723 g/mol. The van der Waals surface area contributed by atoms with Gasteiger partial charge < -0.3 is 27.2 Å². The molecule has 17 heteroatoms. The van der Waals surface area contributed by atoms with Crippen molar-refractivity contribution < 1.29 is 32.0 Å². The van der Waals surface area contributed by atoms with Crippen LogP contribution in [0.3, 0.4) is 0 Å². The zero-order valence-electron chi connectivity index (χ0n) is 31.9. The first-order valence-corrected chi connectivity index (χ1v) is 22.2. The molecule has 3 aromatic rings. The van der Waals surface area contributed by atoms with Crippen molar-refractivity contribution in [3.05, 3.63) is 70.9 Å². The van der Waals surface area contributed by atoms with Crippen molar-refractivity contribution in [3.63, 3.8) is 0 Å². The molecule has 1 aromatic heterocycles. The Kier molecular flexibility index (Phi) is 14.1. The molecule has 0 bridgehead atoms. The third kappa shape index (κ3) is 8.75. The molecule has 0 amide bonds. The average molecular weight is 770 g/mol. The number of thiocarbonyl (C=S) groups is 1. The van der Waals surface area contributed by atoms with Crippen LogP contribution >= 0.6 is 12.2 Å². The molecule has 3 heterocycles. The van der Waals surface area contributed by atoms with E-state index < -0.39 is 46.8 Å². The van der Waals surface area contributed by atoms with Gasteiger partial charge in [0.15, 0.2) is 6.23 Å². The van der Waals surface area contributed by atoms with E-state index in [1.807, 2.05) is 36.4 Å². The minimum Gasteiger partial charge on any atom is -0.427 e. The number of ketones is 1. The van der Waals surface area contributed by atoms with Crippen LogP contribution < -0.4 is 10.4 Å². The van der Waals surface area contributed by atoms with Gasteiger partial charge >= 0.3 is 28.0 Å². The second-order valence-corrected chi connectivity index (χ2v) is 23.8. The van der Waals surface area contributed by atoms with E-state index in [9.17, 15) is 14.9 Å². The van der Waals surface area contributed by atoms with Crippen molar-refractivity contribution >= 4 is 73.7 Å². The molecule has 0 N–H and O–H groups in total. The van der Waals surface area contributed by atoms with Crippen LogP contribution in [0.15, 0.2) is 59.5 Å². The molecule has 277 valence electrons. The quantitative estimate of drug-likeness (QED) is 0.191. The first-order chi connectivity index (χ1) is 25.0. The summed E-state index contributed by atoms with van der Waals surface area (Å²) < 4.78 is 41.8. The largest absolute Gasteiger partial charge is 0.427 e. The number of nitrogens with zero attached hydrogens (tertiary/aromatic N) is 3. The highest BCUT2D eigenvalue weighted by Crippen LogP contribution is 2.51. The van der Waals surface area contributed by atoms with Crippen LogP contribution in [0.1, 0.15) is 74.2 Å². The summed E-state index contributed by atoms with van der Waals surface area (Å²) in [5, 5.41) is 12.8. The number of ether oxygens (including phenoxy) is 3. The molecule has 1 unspecified atom stereocenters. The zero-order valence-corrected chi connectivity index (χ0v) is 34.7. The fourth-order valence-corrected chi connectivity index (χ4v) is 18.6. The van der Waals surface area contributed by atoms with Gasteiger partial charge in [0.25, 0.3) is 5.60 Å². The van der Waals surface area contributed by atoms with Crippen LogP contribution in [0.5, 0.6) is 5.75 Å². The second kappa shape index (κ2) is 17.6. The lowest BCUT2D eigenvalue weighted by molar-refractivity contribution is -0.116. The Hall–Kier alpha value is -3.10. The van der Waals surface area contributed by atoms with E-state index >= 15 is 0 Å². The number of nitriles is 1. The number of benzene rings is 2. The molecule has 2 saturated heterocycles. The number of hydrogen-bond acceptors (Lipinski definition) is 11. The maximum absolute atomic E-state index is 13.6. The van der Waals surface area contributed by atoms with Gasteiger partial charge in [-0.3, -0.25) is 9.36 Å². The Balaban J connectivity index is 0.00000202. The van der Waals surface area contributed by atoms with E-state index in [4.69, 9.17) is 39.4 Å². The van der Waals surface area contributed by atoms with Crippen molar-refractivity contribution in [2.45, 2.75) is 115 Å². The third-order valence-electron chi connectivity index (χ3n) is 9.67. The van der Waals surface area contributed by atoms with Gasteiger partial charge in [-0.05, 0) is 58.1 Å². The lowest BCUT2D eigenvalue weighted by Crippen LogP contribution is -2.67. The Labute approximate surface area is 323 Å². The number of fused-ring (bicyclic) bond motifs is 2. The van der Waals surface area contributed by atoms with Crippen molar-refractivity contribution in [2.75, 3.05) is 6.61 Å². The summed E-state index contributed by atoms with van der Waals surface area (Å²) in [5.74, 6) is 0.262. The topological polar surface area (TPSA) is 131 Å². The van der Waals surface area contributed by atoms with E-state index in [0.717, 1.165) is 17.8 Å². The normalized spacial score (nSPS) is 23.4. The van der Waals surface area contributed by atoms with E-state index in [-0.39, 0.29) is 46.2 Å². The standard InChI is InChI=1S/C36H47N3O8SSi2.B3/c1-22(2)49(23(3)4)42-20-31-32(46-50(47-49,24(5)6)25(7)8)36(21-37,33(44-31)39-17-16-29(18-26(9)40)38-34(39)41)45-35(48)43-30-15-14-27-12-10-11-13-28(27)19-30;1-3-2/h10-17,19,22-25,31-33H,18,20H2,1-9H3;/t31-,32-,33-,36?;/m1./s1. The van der Waals surface area contributed by atoms with Gasteiger partial charge in [-0.1, -0.05) is 85.7 Å². The fraction of sp³-hybridized carbons (Fsp3) is 0.528. The molecule has 0 aliphatic carbocycles. The van der Waals surface area contributed by atoms with Crippen molar-refractivity contribution in [3.8, 4) is 11.8 Å². The van der Waals surface area contributed by atoms with Crippen molar-refractivity contribution in [1.29, 1.82) is 5.26 Å². The van der Waals surface area contributed by atoms with Gasteiger partial charge in [-0.15, -0.1) is 0 Å². The first-order valence-electron chi connectivity index (χ1n) is 17.8. The van der Waals surface area contributed by atoms with Gasteiger partial charge in [0.2, 0.25) is 0 Å². The number of Topliss-reactive ketones (excluding diaryl/α,β-unsaturated/α-hetero) is 1. The second-order valence-electron chi connectivity index (χ2n) is 14.6. The van der Waals surface area contributed by atoms with Crippen molar-refractivity contribution in [2.24, 2.45) is 0 Å². The zero-order chi connectivity index (χ0) is 39.3. The molecule has 0 spiro atoms. The first kappa shape index (κ1) is 42.6. The summed E-state index contributed by atoms with van der Waals surface area (Å²) in [6, 6.07) is 17.2. The lowest BCUT2D eigenvalue weighted by atomic mass is 9.40. The highest BCUT2D eigenvalue weighted by molar-refractivity contribution is 7.79. The van der Waals surface area contributed by atoms with Gasteiger partial charge in [-0.2, -0.15) is 10.2 Å². The summed E-state index contributed by atoms with van der Waals surface area (Å²) in [4.78, 5) is 29.6. The Bertz CT molecular complexity index is 1860. The highest BCUT2D eigenvalue weighted by atomic mass is 32.1. The lowest BCUT2D eigenvalue weighted by Gasteiger charge is -2.51. The van der Waals surface area contributed by atoms with E-state index in [1.165, 1.54) is 17.7 Å². The van der Waals surface area contributed by atoms with Crippen LogP contribution in [-0.4, -0.2) is 84.6 Å². The molecule has 5 radical (unpaired) electrons. The fourth-order valence-electron chi connectivity index (χ4n) is 7.16. The van der Waals surface area contributed by atoms with Gasteiger partial charge in [0, 0.05) is 47.4 Å². The minimum absolute atomic E-state index is 0.0151. The molecular formula is C36H47B3N3O8SSi2. The Morgan fingerprint density at radius 1 is 1.04 bits per heavy atom. The van der Waals surface area contributed by atoms with Crippen LogP contribution in [0.4, 0.5) is 0 Å². The van der Waals surface area contributed by atoms with E-state index in [2.05, 4.69) is 81.9 Å². The average Bonchev–Trinajstić information content (AvgIpc) is 3.35. The third-order valence-corrected chi connectivity index (χ3v) is 20.1. The molecule has 2 fully saturated rings. The number of rotatable bonds is 9. The molecule has 5 rings (SSSR count). The predicted octanol–water partition coefficient (Wildman–Crippen LogP) is 5.88. The Morgan fingerprint density at radius 2 is 1.64 bits per heavy atom. The number of carbonyl (C=O) groups excluding carboxylic acids is 1. The SMILES string of the molecule is CC(=O)Cc1ccn([C@@H]2O[C@@H]3CO[Si](C(C)C)(C(C)C)O[Si](C(C)C)(C(C)C)O[C@H]3C2(C#N)OC(=S)Oc2ccc3ccccc3c2)c(=O)n1.[B][B][B]. The van der Waals surface area contributed by atoms with Gasteiger partial charge in [-0.25, -0.2) is 4.79 Å². The highest BCUT2D eigenvalue weighted by Gasteiger charge is 2.68. The monoisotopic (exact) mass is 770 g/mol. The maximum atomic E-state index is 13.6. The van der Waals surface area contributed by atoms with Gasteiger partial charge in [0.1, 0.15) is 29.8 Å². The van der Waals surface area contributed by atoms with Crippen LogP contribution in [-0.2, 0) is 33.7 Å². The number of carbonyl (C=O) groups is 1. The van der Waals surface area contributed by atoms with Gasteiger partial charge in [0.05, 0.1) is 12.3 Å². The summed E-state index contributed by atoms with van der Waals surface area (Å²) in [7, 11) is 3.73. The molecule has 2 aliphatic rings. The summed E-state index contributed by atoms with van der Waals surface area (Å²) in [6.45, 7) is 18.2. The molecule has 2 aliphatic heterocycles. The molecule has 4 atom stereocenters. The maximum Gasteiger partial charge on any atom is 0.359 e. The van der Waals surface area contributed by atoms with Crippen LogP contribution in [0.2, 0.25) is 22.2 Å². The molecule has 2 aromatic carbocycles. The summed E-state index contributed by atoms with van der Waals surface area (Å²) in [5.41, 5.74) is -2.46. The number of aromatic nitrogens is 2. The molecule has 11 nitrogen and oxygen atoms in total. The molecule has 0 saturated carbocycles. The summed E-state index contributed by atoms with van der Waals surface area (Å²) in [6.07, 6.45) is -1.91. The van der Waals surface area contributed by atoms with E-state index in [0.29, 0.717) is 11.4 Å². The van der Waals surface area contributed by atoms with Crippen LogP contribution in [0.25, 0.3) is 10.8 Å². The summed E-state index contributed by atoms with van der Waals surface area (Å²) >= 11 is 5.67. The molecule has 53 heavy (non-hydrogen) atoms. The number of hydrogen-bond donors (Lipinski definition) is 0. The van der Waals surface area contributed by atoms with E-state index in [1.54, 1.807) is 12.1 Å². The van der Waals surface area contributed by atoms with Crippen molar-refractivity contribution in [1.82, 2.24) is 9.55 Å². The smallest absolute Gasteiger partial charge is 0.359 e. The minimum atomic E-state index is -3.30. The predicted molar refractivity (Wildman–Crippen MR) is 214 cm³/mol. The Morgan fingerprint density at radius 3 is 2.19 bits per heavy atom. The van der Waals surface area contributed by atoms with Crippen LogP contribution in [0, 0.1) is 11.3 Å².